The van der Waals surface area contributed by atoms with Gasteiger partial charge in [0.25, 0.3) is 0 Å². The van der Waals surface area contributed by atoms with Gasteiger partial charge in [0, 0.05) is 97.3 Å². The van der Waals surface area contributed by atoms with Crippen molar-refractivity contribution in [1.82, 2.24) is 9.80 Å². The van der Waals surface area contributed by atoms with Crippen LogP contribution in [0.5, 0.6) is 0 Å². The Morgan fingerprint density at radius 1 is 0.595 bits per heavy atom. The van der Waals surface area contributed by atoms with Crippen LogP contribution in [0.15, 0.2) is 66.7 Å². The largest absolute Gasteiger partial charge is 0.369 e. The normalized spacial score (nSPS) is 14.8. The van der Waals surface area contributed by atoms with Crippen LogP contribution in [0.4, 0.5) is 11.4 Å². The highest BCUT2D eigenvalue weighted by molar-refractivity contribution is 6.32. The molecule has 0 aromatic heterocycles. The Morgan fingerprint density at radius 3 is 1.40 bits per heavy atom. The van der Waals surface area contributed by atoms with Gasteiger partial charge < -0.3 is 9.80 Å². The van der Waals surface area contributed by atoms with Crippen molar-refractivity contribution in [2.75, 3.05) is 72.6 Å². The molecule has 1 saturated heterocycles. The van der Waals surface area contributed by atoms with Crippen molar-refractivity contribution in [1.29, 1.82) is 0 Å². The summed E-state index contributed by atoms with van der Waals surface area (Å²) >= 11 is 37.9. The van der Waals surface area contributed by atoms with E-state index in [2.05, 4.69) is 74.2 Å². The number of alkyl halides is 4. The van der Waals surface area contributed by atoms with Crippen molar-refractivity contribution in [3.8, 4) is 0 Å². The number of halogens is 6. The van der Waals surface area contributed by atoms with E-state index in [1.54, 1.807) is 0 Å². The van der Waals surface area contributed by atoms with Crippen LogP contribution in [0.1, 0.15) is 29.3 Å². The number of anilines is 2. The molecule has 0 saturated carbocycles. The molecule has 228 valence electrons. The first-order valence-electron chi connectivity index (χ1n) is 14.3. The van der Waals surface area contributed by atoms with Crippen LogP contribution in [-0.4, -0.2) is 72.6 Å². The van der Waals surface area contributed by atoms with E-state index in [0.717, 1.165) is 91.3 Å². The molecule has 0 N–H and O–H groups in total. The maximum absolute atomic E-state index is 6.89. The highest BCUT2D eigenvalue weighted by Gasteiger charge is 2.31. The van der Waals surface area contributed by atoms with Gasteiger partial charge in [0.1, 0.15) is 0 Å². The van der Waals surface area contributed by atoms with E-state index in [1.807, 2.05) is 12.1 Å². The molecule has 1 fully saturated rings. The molecule has 0 amide bonds. The third kappa shape index (κ3) is 8.99. The fraction of sp³-hybridized carbons (Fsp3) is 0.438. The number of nitrogens with zero attached hydrogens (tertiary/aromatic N) is 4. The third-order valence-electron chi connectivity index (χ3n) is 7.65. The molecule has 0 unspecified atom stereocenters. The first-order valence-corrected chi connectivity index (χ1v) is 17.2. The molecule has 10 heteroatoms. The van der Waals surface area contributed by atoms with Gasteiger partial charge in [-0.25, -0.2) is 0 Å². The zero-order valence-electron chi connectivity index (χ0n) is 23.7. The molecule has 0 spiro atoms. The van der Waals surface area contributed by atoms with E-state index in [4.69, 9.17) is 69.6 Å². The average molecular weight is 691 g/mol. The highest BCUT2D eigenvalue weighted by Crippen LogP contribution is 2.35. The van der Waals surface area contributed by atoms with Crippen LogP contribution in [0.3, 0.4) is 0 Å². The van der Waals surface area contributed by atoms with Gasteiger partial charge in [0.15, 0.2) is 0 Å². The van der Waals surface area contributed by atoms with E-state index >= 15 is 0 Å². The number of rotatable bonds is 15. The van der Waals surface area contributed by atoms with Crippen molar-refractivity contribution in [2.24, 2.45) is 0 Å². The van der Waals surface area contributed by atoms with Gasteiger partial charge >= 0.3 is 0 Å². The number of hydrogen-bond donors (Lipinski definition) is 0. The van der Waals surface area contributed by atoms with E-state index in [-0.39, 0.29) is 6.17 Å². The maximum Gasteiger partial charge on any atom is 0.0892 e. The Labute approximate surface area is 281 Å². The summed E-state index contributed by atoms with van der Waals surface area (Å²) in [6, 6.07) is 23.3. The summed E-state index contributed by atoms with van der Waals surface area (Å²) in [5, 5.41) is 1.50. The SMILES string of the molecule is ClCCN(CCCl)c1ccc(CN2CCCN(Cc3ccc(N(CCCl)CCCl)cc3Cl)C2c2ccccc2)c(Cl)c1. The standard InChI is InChI=1S/C32H38Cl6N4/c33-11-17-39(18-12-34)28-9-7-26(30(37)21-28)23-41-15-4-16-42(32(41)25-5-2-1-3-6-25)24-27-8-10-29(22-31(27)38)40(19-13-35)20-14-36/h1-3,5-10,21-22,32H,4,11-20,23-24H2. The molecule has 4 rings (SSSR count). The summed E-state index contributed by atoms with van der Waals surface area (Å²) in [7, 11) is 0. The molecule has 0 radical (unpaired) electrons. The molecule has 1 aliphatic rings. The molecule has 4 nitrogen and oxygen atoms in total. The smallest absolute Gasteiger partial charge is 0.0892 e. The molecule has 3 aromatic carbocycles. The van der Waals surface area contributed by atoms with E-state index in [0.29, 0.717) is 23.5 Å². The summed E-state index contributed by atoms with van der Waals surface area (Å²) in [6.07, 6.45) is 1.13. The lowest BCUT2D eigenvalue weighted by Crippen LogP contribution is -2.47. The first kappa shape index (κ1) is 33.8. The maximum atomic E-state index is 6.89. The molecule has 1 aliphatic heterocycles. The average Bonchev–Trinajstić information content (AvgIpc) is 2.99. The Bertz CT molecular complexity index is 1160. The third-order valence-corrected chi connectivity index (χ3v) is 9.03. The Morgan fingerprint density at radius 2 is 1.02 bits per heavy atom. The van der Waals surface area contributed by atoms with Gasteiger partial charge in [-0.3, -0.25) is 9.80 Å². The minimum Gasteiger partial charge on any atom is -0.369 e. The van der Waals surface area contributed by atoms with E-state index in [9.17, 15) is 0 Å². The summed E-state index contributed by atoms with van der Waals surface area (Å²) in [5.41, 5.74) is 5.53. The zero-order valence-corrected chi connectivity index (χ0v) is 28.2. The van der Waals surface area contributed by atoms with E-state index < -0.39 is 0 Å². The summed E-state index contributed by atoms with van der Waals surface area (Å²) in [4.78, 5) is 9.37. The van der Waals surface area contributed by atoms with Gasteiger partial charge in [0.05, 0.1) is 6.17 Å². The lowest BCUT2D eigenvalue weighted by Gasteiger charge is -2.44. The molecule has 0 bridgehead atoms. The van der Waals surface area contributed by atoms with Gasteiger partial charge in [-0.15, -0.1) is 46.4 Å². The van der Waals surface area contributed by atoms with Gasteiger partial charge in [-0.1, -0.05) is 65.7 Å². The minimum absolute atomic E-state index is 0.0828. The number of hydrogen-bond acceptors (Lipinski definition) is 4. The molecule has 42 heavy (non-hydrogen) atoms. The van der Waals surface area contributed by atoms with E-state index in [1.165, 1.54) is 5.56 Å². The van der Waals surface area contributed by atoms with Crippen LogP contribution in [-0.2, 0) is 13.1 Å². The second-order valence-electron chi connectivity index (χ2n) is 10.4. The molecular formula is C32H38Cl6N4. The molecular weight excluding hydrogens is 653 g/mol. The first-order chi connectivity index (χ1) is 20.5. The topological polar surface area (TPSA) is 13.0 Å². The fourth-order valence-corrected chi connectivity index (χ4v) is 6.92. The van der Waals surface area contributed by atoms with Crippen molar-refractivity contribution >= 4 is 81.0 Å². The van der Waals surface area contributed by atoms with Crippen molar-refractivity contribution in [3.63, 3.8) is 0 Å². The zero-order chi connectivity index (χ0) is 29.9. The Balaban J connectivity index is 1.57. The van der Waals surface area contributed by atoms with Crippen LogP contribution in [0, 0.1) is 0 Å². The van der Waals surface area contributed by atoms with Gasteiger partial charge in [-0.2, -0.15) is 0 Å². The monoisotopic (exact) mass is 688 g/mol. The Hall–Kier alpha value is -1.08. The van der Waals surface area contributed by atoms with Crippen LogP contribution in [0.2, 0.25) is 10.0 Å². The quantitative estimate of drug-likeness (QED) is 0.148. The lowest BCUT2D eigenvalue weighted by atomic mass is 10.0. The highest BCUT2D eigenvalue weighted by atomic mass is 35.5. The van der Waals surface area contributed by atoms with Crippen LogP contribution in [0.25, 0.3) is 0 Å². The molecule has 0 atom stereocenters. The molecule has 0 aliphatic carbocycles. The van der Waals surface area contributed by atoms with Crippen LogP contribution >= 0.6 is 69.6 Å². The Kier molecular flexibility index (Phi) is 14.0. The van der Waals surface area contributed by atoms with Gasteiger partial charge in [-0.05, 0) is 47.4 Å². The number of benzene rings is 3. The van der Waals surface area contributed by atoms with Crippen LogP contribution < -0.4 is 9.80 Å². The second-order valence-corrected chi connectivity index (χ2v) is 12.7. The molecule has 3 aromatic rings. The summed E-state index contributed by atoms with van der Waals surface area (Å²) in [5.74, 6) is 2.13. The lowest BCUT2D eigenvalue weighted by molar-refractivity contribution is -0.00905. The predicted molar refractivity (Wildman–Crippen MR) is 185 cm³/mol. The minimum atomic E-state index is 0.0828. The predicted octanol–water partition coefficient (Wildman–Crippen LogP) is 8.97. The summed E-state index contributed by atoms with van der Waals surface area (Å²) < 4.78 is 0. The van der Waals surface area contributed by atoms with Crippen molar-refractivity contribution in [2.45, 2.75) is 25.7 Å². The van der Waals surface area contributed by atoms with Crippen molar-refractivity contribution < 1.29 is 0 Å². The van der Waals surface area contributed by atoms with Crippen molar-refractivity contribution in [3.05, 3.63) is 93.5 Å². The second kappa shape index (κ2) is 17.4. The molecule has 1 heterocycles. The fourth-order valence-electron chi connectivity index (χ4n) is 5.64. The van der Waals surface area contributed by atoms with Gasteiger partial charge in [0.2, 0.25) is 0 Å². The summed E-state index contributed by atoms with van der Waals surface area (Å²) in [6.45, 7) is 6.31.